The molecule has 35 heavy (non-hydrogen) atoms. The SMILES string of the molecule is COCC(C)Oc1ccccc1OCC(O)CN1C(C)(C)CCCC1(C)C.O=C(O)C=CC(=O)O. The van der Waals surface area contributed by atoms with Gasteiger partial charge >= 0.3 is 11.9 Å². The Kier molecular flexibility index (Phi) is 12.2. The maximum absolute atomic E-state index is 10.7. The van der Waals surface area contributed by atoms with Crippen molar-refractivity contribution >= 4 is 11.9 Å². The minimum atomic E-state index is -1.26. The number of aliphatic hydroxyl groups excluding tert-OH is 1. The predicted octanol–water partition coefficient (Wildman–Crippen LogP) is 3.59. The summed E-state index contributed by atoms with van der Waals surface area (Å²) >= 11 is 0. The maximum Gasteiger partial charge on any atom is 0.328 e. The Morgan fingerprint density at radius 3 is 2.00 bits per heavy atom. The van der Waals surface area contributed by atoms with E-state index in [2.05, 4.69) is 32.6 Å². The molecule has 1 aliphatic heterocycles. The van der Waals surface area contributed by atoms with E-state index in [0.717, 1.165) is 12.8 Å². The average Bonchev–Trinajstić information content (AvgIpc) is 2.74. The van der Waals surface area contributed by atoms with Crippen LogP contribution in [0.25, 0.3) is 0 Å². The van der Waals surface area contributed by atoms with E-state index in [1.165, 1.54) is 6.42 Å². The molecule has 198 valence electrons. The summed E-state index contributed by atoms with van der Waals surface area (Å²) in [6.45, 7) is 12.4. The summed E-state index contributed by atoms with van der Waals surface area (Å²) in [6, 6.07) is 7.57. The lowest BCUT2D eigenvalue weighted by Gasteiger charge is -2.53. The first-order chi connectivity index (χ1) is 16.3. The van der Waals surface area contributed by atoms with E-state index in [4.69, 9.17) is 24.4 Å². The highest BCUT2D eigenvalue weighted by molar-refractivity contribution is 5.89. The minimum absolute atomic E-state index is 0.0698. The van der Waals surface area contributed by atoms with Crippen LogP contribution in [0.3, 0.4) is 0 Å². The molecule has 0 spiro atoms. The maximum atomic E-state index is 10.7. The first-order valence-corrected chi connectivity index (χ1v) is 11.8. The van der Waals surface area contributed by atoms with Crippen LogP contribution in [0.15, 0.2) is 36.4 Å². The monoisotopic (exact) mass is 495 g/mol. The molecule has 1 aromatic carbocycles. The van der Waals surface area contributed by atoms with Gasteiger partial charge in [0.25, 0.3) is 0 Å². The van der Waals surface area contributed by atoms with Crippen molar-refractivity contribution in [3.63, 3.8) is 0 Å². The molecule has 3 N–H and O–H groups in total. The van der Waals surface area contributed by atoms with Crippen LogP contribution in [0.1, 0.15) is 53.9 Å². The molecular formula is C26H41NO8. The Labute approximate surface area is 208 Å². The summed E-state index contributed by atoms with van der Waals surface area (Å²) in [5.74, 6) is -1.19. The first-order valence-electron chi connectivity index (χ1n) is 11.8. The van der Waals surface area contributed by atoms with Gasteiger partial charge in [-0.15, -0.1) is 0 Å². The summed E-state index contributed by atoms with van der Waals surface area (Å²) in [4.78, 5) is 21.5. The topological polar surface area (TPSA) is 126 Å². The molecule has 9 nitrogen and oxygen atoms in total. The van der Waals surface area contributed by atoms with Gasteiger partial charge in [0.1, 0.15) is 18.8 Å². The van der Waals surface area contributed by atoms with Crippen molar-refractivity contribution in [2.24, 2.45) is 0 Å². The number of aliphatic hydroxyl groups is 1. The number of hydrogen-bond acceptors (Lipinski definition) is 7. The van der Waals surface area contributed by atoms with Crippen molar-refractivity contribution in [1.82, 2.24) is 4.90 Å². The van der Waals surface area contributed by atoms with Gasteiger partial charge in [0, 0.05) is 36.9 Å². The third-order valence-electron chi connectivity index (χ3n) is 5.81. The number of carbonyl (C=O) groups is 2. The molecule has 1 aliphatic rings. The Hall–Kier alpha value is -2.62. The van der Waals surface area contributed by atoms with Crippen LogP contribution in [0, 0.1) is 0 Å². The predicted molar refractivity (Wildman–Crippen MR) is 133 cm³/mol. The lowest BCUT2D eigenvalue weighted by atomic mass is 9.79. The Bertz CT molecular complexity index is 804. The van der Waals surface area contributed by atoms with Crippen molar-refractivity contribution in [2.45, 2.75) is 77.2 Å². The second-order valence-electron chi connectivity index (χ2n) is 9.89. The normalized spacial score (nSPS) is 18.7. The standard InChI is InChI=1S/C22H37NO4.C4H4O4/c1-17(15-25-6)27-20-11-8-7-10-19(20)26-16-18(24)14-23-21(2,3)12-9-13-22(23,4)5;5-3(6)1-2-4(7)8/h7-8,10-11,17-18,24H,9,12-16H2,1-6H3;1-2H,(H,5,6)(H,7,8). The molecule has 0 radical (unpaired) electrons. The fraction of sp³-hybridized carbons (Fsp3) is 0.615. The molecule has 0 amide bonds. The third-order valence-corrected chi connectivity index (χ3v) is 5.81. The van der Waals surface area contributed by atoms with Crippen molar-refractivity contribution in [2.75, 3.05) is 26.9 Å². The molecule has 2 unspecified atom stereocenters. The number of β-amino-alcohol motifs (C(OH)–C–C–N with tert-alkyl or cyclic N) is 1. The molecule has 0 aromatic heterocycles. The highest BCUT2D eigenvalue weighted by Gasteiger charge is 2.41. The van der Waals surface area contributed by atoms with Crippen LogP contribution in [-0.4, -0.2) is 82.3 Å². The zero-order chi connectivity index (χ0) is 26.6. The lowest BCUT2D eigenvalue weighted by molar-refractivity contribution is -0.134. The van der Waals surface area contributed by atoms with Crippen LogP contribution in [0.4, 0.5) is 0 Å². The first kappa shape index (κ1) is 30.4. The van der Waals surface area contributed by atoms with Crippen molar-refractivity contribution in [3.05, 3.63) is 36.4 Å². The minimum Gasteiger partial charge on any atom is -0.487 e. The van der Waals surface area contributed by atoms with E-state index in [-0.39, 0.29) is 23.8 Å². The van der Waals surface area contributed by atoms with Gasteiger partial charge in [-0.05, 0) is 66.0 Å². The molecule has 9 heteroatoms. The number of nitrogens with zero attached hydrogens (tertiary/aromatic N) is 1. The number of benzene rings is 1. The van der Waals surface area contributed by atoms with Gasteiger partial charge in [0.15, 0.2) is 11.5 Å². The number of ether oxygens (including phenoxy) is 3. The molecule has 2 rings (SSSR count). The molecule has 1 saturated heterocycles. The van der Waals surface area contributed by atoms with Crippen molar-refractivity contribution < 1.29 is 39.1 Å². The van der Waals surface area contributed by atoms with Gasteiger partial charge in [-0.3, -0.25) is 4.90 Å². The van der Waals surface area contributed by atoms with E-state index in [9.17, 15) is 14.7 Å². The fourth-order valence-electron chi connectivity index (χ4n) is 4.28. The van der Waals surface area contributed by atoms with Crippen LogP contribution in [-0.2, 0) is 14.3 Å². The summed E-state index contributed by atoms with van der Waals surface area (Å²) < 4.78 is 16.9. The quantitative estimate of drug-likeness (QED) is 0.395. The average molecular weight is 496 g/mol. The van der Waals surface area contributed by atoms with E-state index in [1.54, 1.807) is 7.11 Å². The van der Waals surface area contributed by atoms with Crippen LogP contribution >= 0.6 is 0 Å². The Morgan fingerprint density at radius 2 is 1.51 bits per heavy atom. The summed E-state index contributed by atoms with van der Waals surface area (Å²) in [6.07, 6.45) is 4.01. The summed E-state index contributed by atoms with van der Waals surface area (Å²) in [5.41, 5.74) is 0.165. The smallest absolute Gasteiger partial charge is 0.328 e. The molecule has 1 fully saturated rings. The lowest BCUT2D eigenvalue weighted by Crippen LogP contribution is -2.60. The number of hydrogen-bond donors (Lipinski definition) is 3. The van der Waals surface area contributed by atoms with Gasteiger partial charge in [0.05, 0.1) is 6.61 Å². The van der Waals surface area contributed by atoms with Gasteiger partial charge in [-0.1, -0.05) is 12.1 Å². The van der Waals surface area contributed by atoms with Crippen LogP contribution in [0.5, 0.6) is 11.5 Å². The third kappa shape index (κ3) is 11.1. The Balaban J connectivity index is 0.000000658. The number of methoxy groups -OCH3 is 1. The van der Waals surface area contributed by atoms with Gasteiger partial charge < -0.3 is 29.5 Å². The number of carboxylic acid groups (broad SMARTS) is 2. The van der Waals surface area contributed by atoms with Gasteiger partial charge in [-0.25, -0.2) is 9.59 Å². The second-order valence-corrected chi connectivity index (χ2v) is 9.89. The van der Waals surface area contributed by atoms with E-state index in [0.29, 0.717) is 36.8 Å². The highest BCUT2D eigenvalue weighted by Crippen LogP contribution is 2.38. The fourth-order valence-corrected chi connectivity index (χ4v) is 4.28. The number of likely N-dealkylation sites (tertiary alicyclic amines) is 1. The summed E-state index contributed by atoms with van der Waals surface area (Å²) in [7, 11) is 1.65. The van der Waals surface area contributed by atoms with E-state index in [1.807, 2.05) is 31.2 Å². The molecule has 1 aromatic rings. The molecule has 2 atom stereocenters. The van der Waals surface area contributed by atoms with E-state index >= 15 is 0 Å². The van der Waals surface area contributed by atoms with Crippen molar-refractivity contribution in [1.29, 1.82) is 0 Å². The number of carboxylic acids is 2. The van der Waals surface area contributed by atoms with Gasteiger partial charge in [0.2, 0.25) is 0 Å². The second kappa shape index (κ2) is 14.1. The molecule has 0 aliphatic carbocycles. The highest BCUT2D eigenvalue weighted by atomic mass is 16.5. The van der Waals surface area contributed by atoms with Gasteiger partial charge in [-0.2, -0.15) is 0 Å². The number of piperidine rings is 1. The van der Waals surface area contributed by atoms with Crippen LogP contribution < -0.4 is 9.47 Å². The molecule has 1 heterocycles. The van der Waals surface area contributed by atoms with Crippen LogP contribution in [0.2, 0.25) is 0 Å². The molecule has 0 saturated carbocycles. The van der Waals surface area contributed by atoms with E-state index < -0.39 is 18.0 Å². The number of para-hydroxylation sites is 2. The largest absolute Gasteiger partial charge is 0.487 e. The summed E-state index contributed by atoms with van der Waals surface area (Å²) in [5, 5.41) is 26.3. The Morgan fingerprint density at radius 1 is 1.00 bits per heavy atom. The number of aliphatic carboxylic acids is 2. The zero-order valence-corrected chi connectivity index (χ0v) is 21.7. The zero-order valence-electron chi connectivity index (χ0n) is 21.7. The van der Waals surface area contributed by atoms with Crippen molar-refractivity contribution in [3.8, 4) is 11.5 Å². The number of rotatable bonds is 11. The molecular weight excluding hydrogens is 454 g/mol. The molecule has 0 bridgehead atoms.